The van der Waals surface area contributed by atoms with Crippen molar-refractivity contribution in [2.75, 3.05) is 6.54 Å². The highest BCUT2D eigenvalue weighted by atomic mass is 35.5. The van der Waals surface area contributed by atoms with Gasteiger partial charge in [-0.2, -0.15) is 0 Å². The van der Waals surface area contributed by atoms with Crippen molar-refractivity contribution in [1.82, 2.24) is 5.32 Å². The highest BCUT2D eigenvalue weighted by molar-refractivity contribution is 6.30. The van der Waals surface area contributed by atoms with Gasteiger partial charge < -0.3 is 5.32 Å². The average molecular weight is 264 g/mol. The molecule has 2 rings (SSSR count). The fraction of sp³-hybridized carbons (Fsp3) is 0.200. The van der Waals surface area contributed by atoms with Gasteiger partial charge in [0, 0.05) is 11.6 Å². The van der Waals surface area contributed by atoms with Gasteiger partial charge in [-0.3, -0.25) is 0 Å². The molecule has 3 heteroatoms. The fourth-order valence-corrected chi connectivity index (χ4v) is 2.02. The lowest BCUT2D eigenvalue weighted by molar-refractivity contribution is 0.622. The zero-order valence-electron chi connectivity index (χ0n) is 10.00. The molecule has 0 fully saturated rings. The van der Waals surface area contributed by atoms with E-state index in [9.17, 15) is 4.39 Å². The summed E-state index contributed by atoms with van der Waals surface area (Å²) in [4.78, 5) is 0. The summed E-state index contributed by atoms with van der Waals surface area (Å²) in [6.45, 7) is 1.59. The first-order chi connectivity index (χ1) is 8.74. The van der Waals surface area contributed by atoms with E-state index in [2.05, 4.69) is 5.32 Å². The Kier molecular flexibility index (Phi) is 4.73. The zero-order valence-corrected chi connectivity index (χ0v) is 10.8. The van der Waals surface area contributed by atoms with E-state index in [0.717, 1.165) is 35.7 Å². The minimum atomic E-state index is -0.178. The number of hydrogen-bond acceptors (Lipinski definition) is 1. The van der Waals surface area contributed by atoms with Crippen LogP contribution in [-0.2, 0) is 13.0 Å². The van der Waals surface area contributed by atoms with Crippen molar-refractivity contribution in [1.29, 1.82) is 0 Å². The summed E-state index contributed by atoms with van der Waals surface area (Å²) in [5.41, 5.74) is 2.16. The molecule has 0 aromatic heterocycles. The molecule has 1 N–H and O–H groups in total. The average Bonchev–Trinajstić information content (AvgIpc) is 2.35. The normalized spacial score (nSPS) is 10.6. The Hall–Kier alpha value is -1.38. The molecular formula is C15H15ClFN. The van der Waals surface area contributed by atoms with Crippen molar-refractivity contribution >= 4 is 11.6 Å². The number of hydrogen-bond donors (Lipinski definition) is 1. The van der Waals surface area contributed by atoms with Gasteiger partial charge in [0.1, 0.15) is 5.82 Å². The number of benzene rings is 2. The molecule has 0 spiro atoms. The van der Waals surface area contributed by atoms with Crippen LogP contribution in [0.15, 0.2) is 48.5 Å². The van der Waals surface area contributed by atoms with E-state index in [-0.39, 0.29) is 5.82 Å². The van der Waals surface area contributed by atoms with Crippen LogP contribution in [0.1, 0.15) is 11.1 Å². The van der Waals surface area contributed by atoms with Crippen LogP contribution < -0.4 is 5.32 Å². The smallest absolute Gasteiger partial charge is 0.123 e. The Labute approximate surface area is 112 Å². The number of nitrogens with one attached hydrogen (secondary N) is 1. The molecule has 1 nitrogen and oxygen atoms in total. The van der Waals surface area contributed by atoms with E-state index < -0.39 is 0 Å². The van der Waals surface area contributed by atoms with Crippen molar-refractivity contribution in [3.63, 3.8) is 0 Å². The lowest BCUT2D eigenvalue weighted by atomic mass is 10.1. The van der Waals surface area contributed by atoms with Crippen LogP contribution in [0.3, 0.4) is 0 Å². The van der Waals surface area contributed by atoms with Gasteiger partial charge in [-0.05, 0) is 48.4 Å². The third kappa shape index (κ3) is 4.13. The molecule has 0 amide bonds. The summed E-state index contributed by atoms with van der Waals surface area (Å²) >= 11 is 5.90. The maximum atomic E-state index is 13.0. The second-order valence-electron chi connectivity index (χ2n) is 4.19. The quantitative estimate of drug-likeness (QED) is 0.809. The van der Waals surface area contributed by atoms with Crippen LogP contribution in [0.25, 0.3) is 0 Å². The van der Waals surface area contributed by atoms with Gasteiger partial charge in [-0.1, -0.05) is 35.9 Å². The molecule has 2 aromatic rings. The molecule has 94 valence electrons. The molecular weight excluding hydrogens is 249 g/mol. The summed E-state index contributed by atoms with van der Waals surface area (Å²) in [6.07, 6.45) is 0.818. The molecule has 0 aliphatic heterocycles. The Bertz CT molecular complexity index is 466. The third-order valence-electron chi connectivity index (χ3n) is 2.70. The van der Waals surface area contributed by atoms with E-state index in [1.54, 1.807) is 12.1 Å². The van der Waals surface area contributed by atoms with E-state index in [4.69, 9.17) is 11.6 Å². The highest BCUT2D eigenvalue weighted by Gasteiger charge is 1.96. The molecule has 0 saturated heterocycles. The predicted molar refractivity (Wildman–Crippen MR) is 73.3 cm³/mol. The van der Waals surface area contributed by atoms with Crippen LogP contribution in [0.4, 0.5) is 4.39 Å². The van der Waals surface area contributed by atoms with E-state index in [0.29, 0.717) is 0 Å². The van der Waals surface area contributed by atoms with Gasteiger partial charge >= 0.3 is 0 Å². The molecule has 0 atom stereocenters. The van der Waals surface area contributed by atoms with E-state index >= 15 is 0 Å². The van der Waals surface area contributed by atoms with Crippen molar-refractivity contribution in [2.45, 2.75) is 13.0 Å². The first-order valence-electron chi connectivity index (χ1n) is 5.93. The van der Waals surface area contributed by atoms with Crippen molar-refractivity contribution in [3.8, 4) is 0 Å². The lowest BCUT2D eigenvalue weighted by Gasteiger charge is -2.05. The Balaban J connectivity index is 1.76. The summed E-state index contributed by atoms with van der Waals surface area (Å²) in [5.74, 6) is -0.178. The Morgan fingerprint density at radius 3 is 2.56 bits per heavy atom. The van der Waals surface area contributed by atoms with Crippen LogP contribution in [0.2, 0.25) is 5.02 Å². The summed E-state index contributed by atoms with van der Waals surface area (Å²) in [7, 11) is 0. The first kappa shape index (κ1) is 13.1. The van der Waals surface area contributed by atoms with Gasteiger partial charge in [0.05, 0.1) is 0 Å². The minimum absolute atomic E-state index is 0.178. The van der Waals surface area contributed by atoms with Crippen LogP contribution in [-0.4, -0.2) is 6.54 Å². The monoisotopic (exact) mass is 263 g/mol. The molecule has 18 heavy (non-hydrogen) atoms. The maximum Gasteiger partial charge on any atom is 0.123 e. The molecule has 0 saturated carbocycles. The van der Waals surface area contributed by atoms with Gasteiger partial charge in [0.15, 0.2) is 0 Å². The van der Waals surface area contributed by atoms with Gasteiger partial charge in [-0.15, -0.1) is 0 Å². The summed E-state index contributed by atoms with van der Waals surface area (Å²) < 4.78 is 13.0. The zero-order chi connectivity index (χ0) is 12.8. The maximum absolute atomic E-state index is 13.0. The molecule has 0 bridgehead atoms. The minimum Gasteiger partial charge on any atom is -0.312 e. The highest BCUT2D eigenvalue weighted by Crippen LogP contribution is 2.10. The van der Waals surface area contributed by atoms with Gasteiger partial charge in [0.2, 0.25) is 0 Å². The Morgan fingerprint density at radius 1 is 1.00 bits per heavy atom. The number of rotatable bonds is 5. The van der Waals surface area contributed by atoms with E-state index in [1.165, 1.54) is 6.07 Å². The molecule has 0 aliphatic carbocycles. The molecule has 0 aliphatic rings. The fourth-order valence-electron chi connectivity index (χ4n) is 1.80. The van der Waals surface area contributed by atoms with E-state index in [1.807, 2.05) is 30.3 Å². The van der Waals surface area contributed by atoms with Crippen molar-refractivity contribution in [3.05, 3.63) is 70.5 Å². The molecule has 0 heterocycles. The van der Waals surface area contributed by atoms with Crippen LogP contribution in [0.5, 0.6) is 0 Å². The summed E-state index contributed by atoms with van der Waals surface area (Å²) in [5, 5.41) is 4.07. The summed E-state index contributed by atoms with van der Waals surface area (Å²) in [6, 6.07) is 14.5. The van der Waals surface area contributed by atoms with Gasteiger partial charge in [-0.25, -0.2) is 4.39 Å². The SMILES string of the molecule is Fc1cccc(CCNCc2cccc(Cl)c2)c1. The largest absolute Gasteiger partial charge is 0.312 e. The van der Waals surface area contributed by atoms with Gasteiger partial charge in [0.25, 0.3) is 0 Å². The molecule has 0 unspecified atom stereocenters. The first-order valence-corrected chi connectivity index (χ1v) is 6.31. The second-order valence-corrected chi connectivity index (χ2v) is 4.62. The standard InChI is InChI=1S/C15H15ClFN/c16-14-5-1-4-13(9-14)11-18-8-7-12-3-2-6-15(17)10-12/h1-6,9-10,18H,7-8,11H2. The Morgan fingerprint density at radius 2 is 1.78 bits per heavy atom. The second kappa shape index (κ2) is 6.53. The number of halogens is 2. The van der Waals surface area contributed by atoms with Crippen LogP contribution in [0, 0.1) is 5.82 Å². The predicted octanol–water partition coefficient (Wildman–Crippen LogP) is 3.81. The van der Waals surface area contributed by atoms with Crippen molar-refractivity contribution in [2.24, 2.45) is 0 Å². The molecule has 0 radical (unpaired) electrons. The third-order valence-corrected chi connectivity index (χ3v) is 2.93. The lowest BCUT2D eigenvalue weighted by Crippen LogP contribution is -2.16. The van der Waals surface area contributed by atoms with Crippen LogP contribution >= 0.6 is 11.6 Å². The topological polar surface area (TPSA) is 12.0 Å². The molecule has 2 aromatic carbocycles. The van der Waals surface area contributed by atoms with Crippen molar-refractivity contribution < 1.29 is 4.39 Å².